The quantitative estimate of drug-likeness (QED) is 0.317. The van der Waals surface area contributed by atoms with Crippen LogP contribution >= 0.6 is 0 Å². The fraction of sp³-hybridized carbons (Fsp3) is 0.833. The van der Waals surface area contributed by atoms with E-state index in [1.807, 2.05) is 0 Å². The molecule has 0 saturated carbocycles. The van der Waals surface area contributed by atoms with Crippen LogP contribution in [0.25, 0.3) is 0 Å². The predicted molar refractivity (Wildman–Crippen MR) is 127 cm³/mol. The third-order valence-electron chi connectivity index (χ3n) is 7.23. The molecule has 2 saturated heterocycles. The predicted octanol–water partition coefficient (Wildman–Crippen LogP) is 6.48. The van der Waals surface area contributed by atoms with Gasteiger partial charge in [0.05, 0.1) is 22.4 Å². The molecule has 0 aromatic heterocycles. The Morgan fingerprint density at radius 2 is 0.833 bits per heavy atom. The highest BCUT2D eigenvalue weighted by Crippen LogP contribution is 2.40. The Bertz CT molecular complexity index is 562. The Hall–Kier alpha value is -0.550. The van der Waals surface area contributed by atoms with E-state index in [0.29, 0.717) is 0 Å². The molecule has 0 radical (unpaired) electrons. The summed E-state index contributed by atoms with van der Waals surface area (Å²) in [5.41, 5.74) is 1.29. The van der Waals surface area contributed by atoms with Gasteiger partial charge in [0.15, 0.2) is 0 Å². The minimum absolute atomic E-state index is 0.329. The van der Waals surface area contributed by atoms with Crippen LogP contribution in [-0.2, 0) is 18.6 Å². The molecule has 4 nitrogen and oxygen atoms in total. The van der Waals surface area contributed by atoms with Crippen molar-refractivity contribution in [3.05, 3.63) is 23.1 Å². The topological polar surface area (TPSA) is 36.9 Å². The van der Waals surface area contributed by atoms with Gasteiger partial charge < -0.3 is 18.6 Å². The average molecular weight is 418 g/mol. The highest BCUT2D eigenvalue weighted by Gasteiger charge is 2.51. The zero-order chi connectivity index (χ0) is 22.8. The van der Waals surface area contributed by atoms with Crippen LogP contribution in [0.5, 0.6) is 0 Å². The third kappa shape index (κ3) is 5.82. The molecule has 0 spiro atoms. The molecule has 0 aliphatic carbocycles. The van der Waals surface area contributed by atoms with E-state index in [1.54, 1.807) is 0 Å². The van der Waals surface area contributed by atoms with Crippen LogP contribution in [0.15, 0.2) is 23.1 Å². The fourth-order valence-corrected chi connectivity index (χ4v) is 3.68. The summed E-state index contributed by atoms with van der Waals surface area (Å²) in [5, 5.41) is 0. The molecular formula is C24H44B2O4. The summed E-state index contributed by atoms with van der Waals surface area (Å²) in [5.74, 6) is 4.39. The van der Waals surface area contributed by atoms with Crippen molar-refractivity contribution in [1.29, 1.82) is 0 Å². The maximum atomic E-state index is 6.28. The van der Waals surface area contributed by atoms with Gasteiger partial charge in [-0.1, -0.05) is 49.8 Å². The second-order valence-corrected chi connectivity index (χ2v) is 10.8. The van der Waals surface area contributed by atoms with Crippen LogP contribution in [0.1, 0.15) is 108 Å². The first-order valence-electron chi connectivity index (χ1n) is 11.9. The van der Waals surface area contributed by atoms with E-state index >= 15 is 0 Å². The van der Waals surface area contributed by atoms with Crippen LogP contribution in [0.3, 0.4) is 0 Å². The minimum atomic E-state index is -0.330. The lowest BCUT2D eigenvalue weighted by molar-refractivity contribution is 0.00578. The molecule has 2 fully saturated rings. The van der Waals surface area contributed by atoms with Crippen molar-refractivity contribution in [2.45, 2.75) is 130 Å². The second kappa shape index (κ2) is 9.52. The molecule has 0 N–H and O–H groups in total. The van der Waals surface area contributed by atoms with Gasteiger partial charge in [0.1, 0.15) is 0 Å². The number of hydrogen-bond donors (Lipinski definition) is 0. The van der Waals surface area contributed by atoms with Crippen molar-refractivity contribution in [2.24, 2.45) is 0 Å². The maximum Gasteiger partial charge on any atom is 0.487 e. The van der Waals surface area contributed by atoms with Gasteiger partial charge in [-0.25, -0.2) is 0 Å². The highest BCUT2D eigenvalue weighted by molar-refractivity contribution is 6.53. The summed E-state index contributed by atoms with van der Waals surface area (Å²) in [4.78, 5) is 0. The van der Waals surface area contributed by atoms with Crippen molar-refractivity contribution < 1.29 is 18.6 Å². The lowest BCUT2D eigenvalue weighted by Gasteiger charge is -2.32. The zero-order valence-electron chi connectivity index (χ0n) is 21.2. The number of allylic oxidation sites excluding steroid dienone is 2. The lowest BCUT2D eigenvalue weighted by atomic mass is 9.77. The van der Waals surface area contributed by atoms with Gasteiger partial charge in [0, 0.05) is 0 Å². The van der Waals surface area contributed by atoms with E-state index in [4.69, 9.17) is 18.6 Å². The molecule has 2 heterocycles. The minimum Gasteiger partial charge on any atom is -0.400 e. The smallest absolute Gasteiger partial charge is 0.400 e. The van der Waals surface area contributed by atoms with Crippen LogP contribution in [0, 0.1) is 0 Å². The third-order valence-corrected chi connectivity index (χ3v) is 7.23. The van der Waals surface area contributed by atoms with Crippen molar-refractivity contribution in [3.8, 4) is 0 Å². The molecule has 2 aliphatic heterocycles. The van der Waals surface area contributed by atoms with E-state index in [-0.39, 0.29) is 36.6 Å². The van der Waals surface area contributed by atoms with Gasteiger partial charge in [-0.15, -0.1) is 0 Å². The summed E-state index contributed by atoms with van der Waals surface area (Å²) < 4.78 is 25.1. The van der Waals surface area contributed by atoms with Gasteiger partial charge in [-0.2, -0.15) is 0 Å². The van der Waals surface area contributed by atoms with E-state index in [2.05, 4.69) is 81.2 Å². The first-order valence-corrected chi connectivity index (χ1v) is 11.9. The molecule has 0 unspecified atom stereocenters. The zero-order valence-corrected chi connectivity index (χ0v) is 21.2. The Morgan fingerprint density at radius 1 is 0.567 bits per heavy atom. The molecule has 0 atom stereocenters. The molecule has 6 heteroatoms. The van der Waals surface area contributed by atoms with Crippen LogP contribution < -0.4 is 0 Å². The van der Waals surface area contributed by atoms with Crippen molar-refractivity contribution in [2.75, 3.05) is 0 Å². The molecule has 0 aromatic rings. The van der Waals surface area contributed by atoms with Gasteiger partial charge in [0.2, 0.25) is 0 Å². The second-order valence-electron chi connectivity index (χ2n) is 10.8. The largest absolute Gasteiger partial charge is 0.487 e. The normalized spacial score (nSPS) is 25.3. The molecule has 170 valence electrons. The Balaban J connectivity index is 2.34. The average Bonchev–Trinajstić information content (AvgIpc) is 2.93. The maximum absolute atomic E-state index is 6.28. The monoisotopic (exact) mass is 418 g/mol. The van der Waals surface area contributed by atoms with Crippen molar-refractivity contribution in [1.82, 2.24) is 0 Å². The molecule has 30 heavy (non-hydrogen) atoms. The van der Waals surface area contributed by atoms with Crippen molar-refractivity contribution >= 4 is 14.2 Å². The SMILES string of the molecule is CCCCC(=C\B1OC(C)(C)C(C)(C)O1)/C(=C/B1OC(C)(C)C(C)(C)O1)CCCC. The summed E-state index contributed by atoms with van der Waals surface area (Å²) in [6.07, 6.45) is 6.60. The van der Waals surface area contributed by atoms with E-state index in [1.165, 1.54) is 11.1 Å². The molecule has 0 bridgehead atoms. The van der Waals surface area contributed by atoms with Crippen molar-refractivity contribution in [3.63, 3.8) is 0 Å². The van der Waals surface area contributed by atoms with Crippen LogP contribution in [0.2, 0.25) is 0 Å². The summed E-state index contributed by atoms with van der Waals surface area (Å²) in [6, 6.07) is 0. The lowest BCUT2D eigenvalue weighted by Crippen LogP contribution is -2.41. The number of hydrogen-bond acceptors (Lipinski definition) is 4. The van der Waals surface area contributed by atoms with Crippen LogP contribution in [-0.4, -0.2) is 36.6 Å². The van der Waals surface area contributed by atoms with Gasteiger partial charge in [-0.3, -0.25) is 0 Å². The molecule has 0 amide bonds. The van der Waals surface area contributed by atoms with E-state index in [0.717, 1.165) is 38.5 Å². The highest BCUT2D eigenvalue weighted by atomic mass is 16.7. The summed E-state index contributed by atoms with van der Waals surface area (Å²) in [7, 11) is -0.657. The van der Waals surface area contributed by atoms with Gasteiger partial charge in [-0.05, 0) is 81.1 Å². The Labute approximate surface area is 186 Å². The molecule has 2 aliphatic rings. The van der Waals surface area contributed by atoms with E-state index < -0.39 is 0 Å². The standard InChI is InChI=1S/C24H44B2O4/c1-11-13-15-19(17-25-27-21(3,4)22(5,6)28-25)20(16-14-12-2)18-26-29-23(7,8)24(9,10)30-26/h17-18H,11-16H2,1-10H3/b19-17+,20-18+. The summed E-state index contributed by atoms with van der Waals surface area (Å²) >= 11 is 0. The number of rotatable bonds is 9. The first kappa shape index (κ1) is 25.7. The first-order chi connectivity index (χ1) is 13.7. The van der Waals surface area contributed by atoms with Crippen LogP contribution in [0.4, 0.5) is 0 Å². The fourth-order valence-electron chi connectivity index (χ4n) is 3.68. The van der Waals surface area contributed by atoms with Gasteiger partial charge >= 0.3 is 14.2 Å². The molecular weight excluding hydrogens is 374 g/mol. The van der Waals surface area contributed by atoms with Gasteiger partial charge in [0.25, 0.3) is 0 Å². The molecule has 2 rings (SSSR count). The molecule has 0 aromatic carbocycles. The number of unbranched alkanes of at least 4 members (excludes halogenated alkanes) is 2. The van der Waals surface area contributed by atoms with E-state index in [9.17, 15) is 0 Å². The Morgan fingerprint density at radius 3 is 1.07 bits per heavy atom. The summed E-state index contributed by atoms with van der Waals surface area (Å²) in [6.45, 7) is 21.3. The Kier molecular flexibility index (Phi) is 8.16.